The number of rotatable bonds is 4. The van der Waals surface area contributed by atoms with Crippen LogP contribution in [0.5, 0.6) is 0 Å². The van der Waals surface area contributed by atoms with E-state index in [9.17, 15) is 4.79 Å². The lowest BCUT2D eigenvalue weighted by molar-refractivity contribution is -0.123. The number of aromatic nitrogens is 1. The number of ether oxygens (including phenoxy) is 1. The molecular formula is C11H14N2O2. The summed E-state index contributed by atoms with van der Waals surface area (Å²) in [5, 5.41) is 2.71. The number of carbonyl (C=O) groups is 1. The highest BCUT2D eigenvalue weighted by molar-refractivity contribution is 5.82. The molecule has 1 saturated carbocycles. The standard InChI is InChI=1S/C11H14N2O2/c1-15-7-13-11(14)9-6-8(9)10-4-2-3-5-12-10/h2-5,8-9H,6-7H2,1H3,(H,13,14). The second-order valence-electron chi connectivity index (χ2n) is 3.68. The van der Waals surface area contributed by atoms with E-state index in [0.717, 1.165) is 12.1 Å². The molecule has 1 aromatic heterocycles. The van der Waals surface area contributed by atoms with E-state index in [2.05, 4.69) is 10.3 Å². The van der Waals surface area contributed by atoms with Crippen molar-refractivity contribution in [1.29, 1.82) is 0 Å². The average Bonchev–Trinajstić information content (AvgIpc) is 3.07. The molecule has 0 bridgehead atoms. The predicted molar refractivity (Wildman–Crippen MR) is 55.1 cm³/mol. The lowest BCUT2D eigenvalue weighted by Gasteiger charge is -2.02. The molecule has 0 aliphatic heterocycles. The molecule has 1 fully saturated rings. The van der Waals surface area contributed by atoms with E-state index in [0.29, 0.717) is 5.92 Å². The highest BCUT2D eigenvalue weighted by Crippen LogP contribution is 2.46. The zero-order valence-electron chi connectivity index (χ0n) is 8.64. The summed E-state index contributed by atoms with van der Waals surface area (Å²) in [6, 6.07) is 5.80. The SMILES string of the molecule is COCNC(=O)C1CC1c1ccccn1. The van der Waals surface area contributed by atoms with Gasteiger partial charge in [0.25, 0.3) is 0 Å². The number of hydrogen-bond acceptors (Lipinski definition) is 3. The van der Waals surface area contributed by atoms with Crippen molar-refractivity contribution in [1.82, 2.24) is 10.3 Å². The van der Waals surface area contributed by atoms with Crippen LogP contribution < -0.4 is 5.32 Å². The quantitative estimate of drug-likeness (QED) is 0.745. The first kappa shape index (κ1) is 10.1. The number of pyridine rings is 1. The molecule has 1 aromatic rings. The maximum Gasteiger partial charge on any atom is 0.225 e. The van der Waals surface area contributed by atoms with Crippen LogP contribution in [0.15, 0.2) is 24.4 Å². The van der Waals surface area contributed by atoms with Crippen LogP contribution in [0.4, 0.5) is 0 Å². The topological polar surface area (TPSA) is 51.2 Å². The highest BCUT2D eigenvalue weighted by atomic mass is 16.5. The van der Waals surface area contributed by atoms with Crippen LogP contribution in [0.3, 0.4) is 0 Å². The monoisotopic (exact) mass is 206 g/mol. The third kappa shape index (κ3) is 2.33. The maximum atomic E-state index is 11.5. The fourth-order valence-electron chi connectivity index (χ4n) is 1.68. The Kier molecular flexibility index (Phi) is 2.97. The van der Waals surface area contributed by atoms with Crippen molar-refractivity contribution in [2.75, 3.05) is 13.8 Å². The van der Waals surface area contributed by atoms with E-state index in [1.54, 1.807) is 13.3 Å². The van der Waals surface area contributed by atoms with Gasteiger partial charge in [-0.2, -0.15) is 0 Å². The van der Waals surface area contributed by atoms with Gasteiger partial charge in [-0.3, -0.25) is 9.78 Å². The van der Waals surface area contributed by atoms with E-state index in [4.69, 9.17) is 4.74 Å². The summed E-state index contributed by atoms with van der Waals surface area (Å²) in [4.78, 5) is 15.8. The molecule has 0 radical (unpaired) electrons. The van der Waals surface area contributed by atoms with E-state index >= 15 is 0 Å². The number of amides is 1. The van der Waals surface area contributed by atoms with Gasteiger partial charge in [-0.05, 0) is 18.6 Å². The molecule has 80 valence electrons. The van der Waals surface area contributed by atoms with Gasteiger partial charge in [0.2, 0.25) is 5.91 Å². The molecule has 1 aliphatic carbocycles. The first-order valence-corrected chi connectivity index (χ1v) is 5.00. The Balaban J connectivity index is 1.88. The molecule has 1 amide bonds. The first-order valence-electron chi connectivity index (χ1n) is 5.00. The van der Waals surface area contributed by atoms with Crippen molar-refractivity contribution in [2.24, 2.45) is 5.92 Å². The number of nitrogens with one attached hydrogen (secondary N) is 1. The van der Waals surface area contributed by atoms with E-state index in [-0.39, 0.29) is 18.6 Å². The van der Waals surface area contributed by atoms with Crippen LogP contribution in [-0.2, 0) is 9.53 Å². The minimum atomic E-state index is 0.0625. The Morgan fingerprint density at radius 3 is 3.20 bits per heavy atom. The Morgan fingerprint density at radius 1 is 1.67 bits per heavy atom. The predicted octanol–water partition coefficient (Wildman–Crippen LogP) is 0.905. The molecule has 0 aromatic carbocycles. The summed E-state index contributed by atoms with van der Waals surface area (Å²) in [5.41, 5.74) is 1.01. The van der Waals surface area contributed by atoms with Gasteiger partial charge >= 0.3 is 0 Å². The Hall–Kier alpha value is -1.42. The van der Waals surface area contributed by atoms with Crippen molar-refractivity contribution in [3.63, 3.8) is 0 Å². The molecule has 2 rings (SSSR count). The zero-order chi connectivity index (χ0) is 10.7. The second kappa shape index (κ2) is 4.40. The fourth-order valence-corrected chi connectivity index (χ4v) is 1.68. The van der Waals surface area contributed by atoms with Crippen LogP contribution in [0.2, 0.25) is 0 Å². The Labute approximate surface area is 88.7 Å². The summed E-state index contributed by atoms with van der Waals surface area (Å²) in [6.45, 7) is 0.282. The minimum absolute atomic E-state index is 0.0625. The van der Waals surface area contributed by atoms with Crippen molar-refractivity contribution >= 4 is 5.91 Å². The summed E-state index contributed by atoms with van der Waals surface area (Å²) in [7, 11) is 1.56. The molecule has 2 atom stereocenters. The minimum Gasteiger partial charge on any atom is -0.364 e. The van der Waals surface area contributed by atoms with Gasteiger partial charge in [0, 0.05) is 30.8 Å². The number of carbonyl (C=O) groups excluding carboxylic acids is 1. The largest absolute Gasteiger partial charge is 0.364 e. The summed E-state index contributed by atoms with van der Waals surface area (Å²) >= 11 is 0. The van der Waals surface area contributed by atoms with E-state index in [1.807, 2.05) is 18.2 Å². The summed E-state index contributed by atoms with van der Waals surface area (Å²) in [6.07, 6.45) is 2.66. The summed E-state index contributed by atoms with van der Waals surface area (Å²) in [5.74, 6) is 0.436. The molecular weight excluding hydrogens is 192 g/mol. The van der Waals surface area contributed by atoms with Crippen LogP contribution in [0.1, 0.15) is 18.0 Å². The van der Waals surface area contributed by atoms with Crippen molar-refractivity contribution < 1.29 is 9.53 Å². The van der Waals surface area contributed by atoms with Gasteiger partial charge in [0.05, 0.1) is 0 Å². The second-order valence-corrected chi connectivity index (χ2v) is 3.68. The highest BCUT2D eigenvalue weighted by Gasteiger charge is 2.44. The first-order chi connectivity index (χ1) is 7.33. The van der Waals surface area contributed by atoms with Crippen molar-refractivity contribution in [3.8, 4) is 0 Å². The molecule has 1 heterocycles. The van der Waals surface area contributed by atoms with Crippen LogP contribution >= 0.6 is 0 Å². The Bertz CT molecular complexity index is 340. The molecule has 0 spiro atoms. The fraction of sp³-hybridized carbons (Fsp3) is 0.455. The van der Waals surface area contributed by atoms with Crippen molar-refractivity contribution in [2.45, 2.75) is 12.3 Å². The number of nitrogens with zero attached hydrogens (tertiary/aromatic N) is 1. The Morgan fingerprint density at radius 2 is 2.53 bits per heavy atom. The third-order valence-corrected chi connectivity index (χ3v) is 2.59. The maximum absolute atomic E-state index is 11.5. The van der Waals surface area contributed by atoms with E-state index < -0.39 is 0 Å². The smallest absolute Gasteiger partial charge is 0.225 e. The van der Waals surface area contributed by atoms with Crippen LogP contribution in [-0.4, -0.2) is 24.7 Å². The van der Waals surface area contributed by atoms with Gasteiger partial charge in [-0.15, -0.1) is 0 Å². The number of hydrogen-bond donors (Lipinski definition) is 1. The van der Waals surface area contributed by atoms with E-state index in [1.165, 1.54) is 0 Å². The molecule has 15 heavy (non-hydrogen) atoms. The number of methoxy groups -OCH3 is 1. The van der Waals surface area contributed by atoms with Gasteiger partial charge < -0.3 is 10.1 Å². The van der Waals surface area contributed by atoms with Gasteiger partial charge in [-0.25, -0.2) is 0 Å². The molecule has 1 N–H and O–H groups in total. The molecule has 4 nitrogen and oxygen atoms in total. The van der Waals surface area contributed by atoms with Crippen LogP contribution in [0, 0.1) is 5.92 Å². The molecule has 2 unspecified atom stereocenters. The molecule has 4 heteroatoms. The molecule has 1 aliphatic rings. The van der Waals surface area contributed by atoms with Gasteiger partial charge in [-0.1, -0.05) is 6.07 Å². The molecule has 0 saturated heterocycles. The van der Waals surface area contributed by atoms with Crippen molar-refractivity contribution in [3.05, 3.63) is 30.1 Å². The third-order valence-electron chi connectivity index (χ3n) is 2.59. The van der Waals surface area contributed by atoms with Gasteiger partial charge in [0.1, 0.15) is 6.73 Å². The van der Waals surface area contributed by atoms with Crippen LogP contribution in [0.25, 0.3) is 0 Å². The average molecular weight is 206 g/mol. The lowest BCUT2D eigenvalue weighted by Crippen LogP contribution is -2.27. The van der Waals surface area contributed by atoms with Gasteiger partial charge in [0.15, 0.2) is 0 Å². The zero-order valence-corrected chi connectivity index (χ0v) is 8.64. The summed E-state index contributed by atoms with van der Waals surface area (Å²) < 4.78 is 4.78. The lowest BCUT2D eigenvalue weighted by atomic mass is 10.2. The normalized spacial score (nSPS) is 23.5.